The highest BCUT2D eigenvalue weighted by atomic mass is 79.9. The number of aromatic nitrogens is 1. The number of hydrogen-bond acceptors (Lipinski definition) is 7. The van der Waals surface area contributed by atoms with Crippen LogP contribution in [0.15, 0.2) is 40.2 Å². The van der Waals surface area contributed by atoms with Crippen molar-refractivity contribution in [2.24, 2.45) is 0 Å². The first kappa shape index (κ1) is 20.2. The second-order valence-electron chi connectivity index (χ2n) is 5.90. The van der Waals surface area contributed by atoms with E-state index < -0.39 is 5.97 Å². The monoisotopic (exact) mass is 463 g/mol. The molecule has 8 heteroatoms. The number of hydrogen-bond donors (Lipinski definition) is 1. The zero-order valence-electron chi connectivity index (χ0n) is 15.5. The number of phenols is 1. The van der Waals surface area contributed by atoms with Gasteiger partial charge in [-0.15, -0.1) is 11.3 Å². The number of carbonyl (C=O) groups is 1. The molecule has 0 atom stereocenters. The molecule has 0 aliphatic heterocycles. The first-order chi connectivity index (χ1) is 13.4. The number of rotatable bonds is 6. The van der Waals surface area contributed by atoms with Crippen molar-refractivity contribution in [3.05, 3.63) is 57.0 Å². The van der Waals surface area contributed by atoms with Crippen LogP contribution in [0.4, 0.5) is 0 Å². The van der Waals surface area contributed by atoms with E-state index >= 15 is 0 Å². The van der Waals surface area contributed by atoms with Gasteiger partial charge in [0.15, 0.2) is 11.5 Å². The third-order valence-corrected chi connectivity index (χ3v) is 5.49. The maximum atomic E-state index is 12.3. The number of phenolic OH excluding ortho intramolecular Hbond substituents is 1. The number of nitrogens with zero attached hydrogens (tertiary/aromatic N) is 1. The summed E-state index contributed by atoms with van der Waals surface area (Å²) in [6.07, 6.45) is 0. The Kier molecular flexibility index (Phi) is 6.21. The zero-order valence-corrected chi connectivity index (χ0v) is 17.9. The number of esters is 1. The minimum Gasteiger partial charge on any atom is -0.506 e. The molecular formula is C20H18BrNO5S. The molecule has 0 saturated carbocycles. The molecule has 1 heterocycles. The second kappa shape index (κ2) is 8.62. The molecule has 0 amide bonds. The largest absolute Gasteiger partial charge is 0.506 e. The Morgan fingerprint density at radius 1 is 1.25 bits per heavy atom. The van der Waals surface area contributed by atoms with Gasteiger partial charge in [-0.2, -0.15) is 0 Å². The summed E-state index contributed by atoms with van der Waals surface area (Å²) in [5.41, 5.74) is 2.34. The summed E-state index contributed by atoms with van der Waals surface area (Å²) < 4.78 is 16.5. The van der Waals surface area contributed by atoms with Gasteiger partial charge < -0.3 is 19.3 Å². The molecule has 3 aromatic rings. The molecule has 3 rings (SSSR count). The molecule has 6 nitrogen and oxygen atoms in total. The van der Waals surface area contributed by atoms with Gasteiger partial charge in [0.25, 0.3) is 0 Å². The van der Waals surface area contributed by atoms with Crippen LogP contribution in [0.1, 0.15) is 21.6 Å². The van der Waals surface area contributed by atoms with Crippen molar-refractivity contribution in [3.63, 3.8) is 0 Å². The highest BCUT2D eigenvalue weighted by Gasteiger charge is 2.18. The lowest BCUT2D eigenvalue weighted by Crippen LogP contribution is -2.06. The number of ether oxygens (including phenoxy) is 3. The van der Waals surface area contributed by atoms with Gasteiger partial charge in [-0.3, -0.25) is 0 Å². The van der Waals surface area contributed by atoms with Gasteiger partial charge in [-0.1, -0.05) is 6.07 Å². The van der Waals surface area contributed by atoms with Crippen molar-refractivity contribution in [3.8, 4) is 27.8 Å². The van der Waals surface area contributed by atoms with Crippen LogP contribution in [0.5, 0.6) is 17.2 Å². The van der Waals surface area contributed by atoms with Crippen LogP contribution < -0.4 is 9.47 Å². The number of aromatic hydroxyl groups is 1. The van der Waals surface area contributed by atoms with Crippen LogP contribution in [0.2, 0.25) is 0 Å². The van der Waals surface area contributed by atoms with Gasteiger partial charge >= 0.3 is 5.97 Å². The van der Waals surface area contributed by atoms with E-state index in [1.165, 1.54) is 11.3 Å². The predicted octanol–water partition coefficient (Wildman–Crippen LogP) is 4.96. The van der Waals surface area contributed by atoms with E-state index in [1.807, 2.05) is 30.5 Å². The van der Waals surface area contributed by atoms with Gasteiger partial charge in [0.2, 0.25) is 0 Å². The normalized spacial score (nSPS) is 10.6. The lowest BCUT2D eigenvalue weighted by molar-refractivity contribution is 0.0465. The number of thiazole rings is 1. The summed E-state index contributed by atoms with van der Waals surface area (Å²) in [6.45, 7) is 1.82. The quantitative estimate of drug-likeness (QED) is 0.520. The minimum absolute atomic E-state index is 0.00732. The number of halogens is 1. The molecule has 0 radical (unpaired) electrons. The molecule has 0 unspecified atom stereocenters. The molecular weight excluding hydrogens is 446 g/mol. The van der Waals surface area contributed by atoms with Crippen molar-refractivity contribution in [2.75, 3.05) is 14.2 Å². The van der Waals surface area contributed by atoms with E-state index in [2.05, 4.69) is 20.9 Å². The Morgan fingerprint density at radius 2 is 2.04 bits per heavy atom. The number of aryl methyl sites for hydroxylation is 1. The Labute approximate surface area is 174 Å². The van der Waals surface area contributed by atoms with Gasteiger partial charge in [0.05, 0.1) is 29.9 Å². The van der Waals surface area contributed by atoms with E-state index in [0.717, 1.165) is 16.1 Å². The number of methoxy groups -OCH3 is 2. The Bertz CT molecular complexity index is 1020. The standard InChI is InChI=1S/C20H18BrNO5S/c1-11-7-14(17(23)15(21)8-11)20(24)27-9-12-10-28-19(22-12)13-5-4-6-16(25-2)18(13)26-3/h4-8,10,23H,9H2,1-3H3. The van der Waals surface area contributed by atoms with Gasteiger partial charge in [-0.25, -0.2) is 9.78 Å². The maximum Gasteiger partial charge on any atom is 0.342 e. The summed E-state index contributed by atoms with van der Waals surface area (Å²) in [7, 11) is 3.15. The van der Waals surface area contributed by atoms with Crippen molar-refractivity contribution in [2.45, 2.75) is 13.5 Å². The molecule has 1 N–H and O–H groups in total. The van der Waals surface area contributed by atoms with Crippen molar-refractivity contribution >= 4 is 33.2 Å². The average molecular weight is 464 g/mol. The first-order valence-electron chi connectivity index (χ1n) is 8.26. The smallest absolute Gasteiger partial charge is 0.342 e. The van der Waals surface area contributed by atoms with Crippen LogP contribution >= 0.6 is 27.3 Å². The van der Waals surface area contributed by atoms with Crippen LogP contribution in [0.25, 0.3) is 10.6 Å². The number of para-hydroxylation sites is 1. The van der Waals surface area contributed by atoms with Crippen LogP contribution in [0, 0.1) is 6.92 Å². The molecule has 0 fully saturated rings. The lowest BCUT2D eigenvalue weighted by Gasteiger charge is -2.10. The lowest BCUT2D eigenvalue weighted by atomic mass is 10.1. The molecule has 1 aromatic heterocycles. The highest BCUT2D eigenvalue weighted by molar-refractivity contribution is 9.10. The molecule has 2 aromatic carbocycles. The van der Waals surface area contributed by atoms with E-state index in [0.29, 0.717) is 21.7 Å². The fourth-order valence-corrected chi connectivity index (χ4v) is 4.06. The van der Waals surface area contributed by atoms with Crippen LogP contribution in [0.3, 0.4) is 0 Å². The van der Waals surface area contributed by atoms with Crippen molar-refractivity contribution < 1.29 is 24.1 Å². The van der Waals surface area contributed by atoms with Gasteiger partial charge in [0, 0.05) is 5.38 Å². The Hall–Kier alpha value is -2.58. The fourth-order valence-electron chi connectivity index (χ4n) is 2.66. The van der Waals surface area contributed by atoms with Gasteiger partial charge in [0.1, 0.15) is 22.9 Å². The molecule has 146 valence electrons. The SMILES string of the molecule is COc1cccc(-c2nc(COC(=O)c3cc(C)cc(Br)c3O)cs2)c1OC. The average Bonchev–Trinajstić information content (AvgIpc) is 3.16. The van der Waals surface area contributed by atoms with Crippen molar-refractivity contribution in [1.29, 1.82) is 0 Å². The number of carbonyl (C=O) groups excluding carboxylic acids is 1. The van der Waals surface area contributed by atoms with Crippen LogP contribution in [-0.4, -0.2) is 30.3 Å². The summed E-state index contributed by atoms with van der Waals surface area (Å²) in [4.78, 5) is 16.9. The Balaban J connectivity index is 1.77. The first-order valence-corrected chi connectivity index (χ1v) is 9.93. The molecule has 0 saturated heterocycles. The molecule has 0 aliphatic rings. The molecule has 28 heavy (non-hydrogen) atoms. The third-order valence-electron chi connectivity index (χ3n) is 3.96. The Morgan fingerprint density at radius 3 is 2.75 bits per heavy atom. The molecule has 0 aliphatic carbocycles. The van der Waals surface area contributed by atoms with Crippen LogP contribution in [-0.2, 0) is 11.3 Å². The maximum absolute atomic E-state index is 12.3. The van der Waals surface area contributed by atoms with E-state index in [4.69, 9.17) is 14.2 Å². The molecule has 0 bridgehead atoms. The summed E-state index contributed by atoms with van der Waals surface area (Å²) in [6, 6.07) is 8.86. The minimum atomic E-state index is -0.615. The van der Waals surface area contributed by atoms with E-state index in [-0.39, 0.29) is 17.9 Å². The van der Waals surface area contributed by atoms with Crippen molar-refractivity contribution in [1.82, 2.24) is 4.98 Å². The highest BCUT2D eigenvalue weighted by Crippen LogP contribution is 2.39. The fraction of sp³-hybridized carbons (Fsp3) is 0.200. The second-order valence-corrected chi connectivity index (χ2v) is 7.62. The summed E-state index contributed by atoms with van der Waals surface area (Å²) >= 11 is 4.64. The summed E-state index contributed by atoms with van der Waals surface area (Å²) in [5, 5.41) is 12.6. The topological polar surface area (TPSA) is 77.9 Å². The van der Waals surface area contributed by atoms with E-state index in [1.54, 1.807) is 26.4 Å². The number of benzene rings is 2. The summed E-state index contributed by atoms with van der Waals surface area (Å²) in [5.74, 6) is 0.451. The predicted molar refractivity (Wildman–Crippen MR) is 110 cm³/mol. The van der Waals surface area contributed by atoms with Gasteiger partial charge in [-0.05, 0) is 52.7 Å². The van der Waals surface area contributed by atoms with E-state index in [9.17, 15) is 9.90 Å². The molecule has 0 spiro atoms. The third kappa shape index (κ3) is 4.13. The zero-order chi connectivity index (χ0) is 20.3.